The van der Waals surface area contributed by atoms with Crippen LogP contribution in [0.25, 0.3) is 0 Å². The largest absolute Gasteiger partial charge is 0.493 e. The van der Waals surface area contributed by atoms with Gasteiger partial charge in [-0.2, -0.15) is 0 Å². The average molecular weight is 348 g/mol. The molecule has 0 atom stereocenters. The van der Waals surface area contributed by atoms with Gasteiger partial charge in [-0.3, -0.25) is 4.98 Å². The Morgan fingerprint density at radius 1 is 1.25 bits per heavy atom. The Morgan fingerprint density at radius 2 is 2.08 bits per heavy atom. The highest BCUT2D eigenvalue weighted by Crippen LogP contribution is 2.36. The number of ether oxygens (including phenoxy) is 2. The number of quaternary nitrogens is 1. The van der Waals surface area contributed by atoms with Crippen molar-refractivity contribution < 1.29 is 14.8 Å². The Labute approximate surface area is 148 Å². The summed E-state index contributed by atoms with van der Waals surface area (Å²) < 4.78 is 11.4. The van der Waals surface area contributed by atoms with Crippen LogP contribution < -0.4 is 14.8 Å². The zero-order valence-corrected chi connectivity index (χ0v) is 14.8. The smallest absolute Gasteiger partial charge is 0.180 e. The molecule has 0 radical (unpaired) electrons. The fourth-order valence-electron chi connectivity index (χ4n) is 3.17. The van der Waals surface area contributed by atoms with Crippen molar-refractivity contribution in [2.45, 2.75) is 44.9 Å². The summed E-state index contributed by atoms with van der Waals surface area (Å²) in [5.41, 5.74) is 2.16. The predicted octanol–water partition coefficient (Wildman–Crippen LogP) is 3.33. The molecule has 0 amide bonds. The van der Waals surface area contributed by atoms with Crippen LogP contribution in [0.5, 0.6) is 11.5 Å². The van der Waals surface area contributed by atoms with Gasteiger partial charge < -0.3 is 14.8 Å². The molecule has 1 aliphatic rings. The summed E-state index contributed by atoms with van der Waals surface area (Å²) in [6, 6.07) is 8.61. The highest BCUT2D eigenvalue weighted by molar-refractivity contribution is 6.32. The minimum atomic E-state index is 0.414. The predicted molar refractivity (Wildman–Crippen MR) is 94.5 cm³/mol. The van der Waals surface area contributed by atoms with Crippen molar-refractivity contribution >= 4 is 11.6 Å². The molecule has 0 unspecified atom stereocenters. The molecule has 5 heteroatoms. The lowest BCUT2D eigenvalue weighted by Gasteiger charge is -2.15. The van der Waals surface area contributed by atoms with Crippen LogP contribution >= 0.6 is 11.6 Å². The van der Waals surface area contributed by atoms with Gasteiger partial charge in [-0.1, -0.05) is 17.7 Å². The topological polar surface area (TPSA) is 48.0 Å². The molecule has 24 heavy (non-hydrogen) atoms. The molecule has 0 bridgehead atoms. The highest BCUT2D eigenvalue weighted by atomic mass is 35.5. The second kappa shape index (κ2) is 8.36. The van der Waals surface area contributed by atoms with Gasteiger partial charge in [0.1, 0.15) is 13.2 Å². The van der Waals surface area contributed by atoms with Crippen LogP contribution in [-0.2, 0) is 13.2 Å². The van der Waals surface area contributed by atoms with Gasteiger partial charge in [0, 0.05) is 23.5 Å². The minimum absolute atomic E-state index is 0.414. The number of benzene rings is 1. The summed E-state index contributed by atoms with van der Waals surface area (Å²) in [5, 5.41) is 3.00. The van der Waals surface area contributed by atoms with E-state index < -0.39 is 0 Å². The van der Waals surface area contributed by atoms with Gasteiger partial charge in [-0.05, 0) is 43.9 Å². The molecule has 1 aromatic heterocycles. The van der Waals surface area contributed by atoms with Crippen LogP contribution in [0.4, 0.5) is 0 Å². The van der Waals surface area contributed by atoms with Crippen molar-refractivity contribution in [1.82, 2.24) is 4.98 Å². The van der Waals surface area contributed by atoms with E-state index in [0.717, 1.165) is 23.7 Å². The maximum Gasteiger partial charge on any atom is 0.180 e. The molecule has 2 N–H and O–H groups in total. The number of hydrogen-bond acceptors (Lipinski definition) is 3. The number of nitrogens with zero attached hydrogens (tertiary/aromatic N) is 1. The summed E-state index contributed by atoms with van der Waals surface area (Å²) in [6.45, 7) is 1.33. The molecular formula is C19H24ClN2O2+. The van der Waals surface area contributed by atoms with Gasteiger partial charge in [0.25, 0.3) is 0 Å². The number of hydrogen-bond donors (Lipinski definition) is 1. The van der Waals surface area contributed by atoms with Gasteiger partial charge in [0.05, 0.1) is 18.2 Å². The maximum atomic E-state index is 6.44. The Bertz CT molecular complexity index is 658. The van der Waals surface area contributed by atoms with Crippen molar-refractivity contribution in [2.24, 2.45) is 0 Å². The summed E-state index contributed by atoms with van der Waals surface area (Å²) >= 11 is 6.44. The van der Waals surface area contributed by atoms with E-state index in [4.69, 9.17) is 21.1 Å². The van der Waals surface area contributed by atoms with Crippen molar-refractivity contribution in [3.63, 3.8) is 0 Å². The van der Waals surface area contributed by atoms with E-state index in [2.05, 4.69) is 10.3 Å². The van der Waals surface area contributed by atoms with Crippen LogP contribution in [0.1, 0.15) is 36.8 Å². The summed E-state index contributed by atoms with van der Waals surface area (Å²) in [5.74, 6) is 1.27. The van der Waals surface area contributed by atoms with Crippen molar-refractivity contribution in [3.05, 3.63) is 52.8 Å². The van der Waals surface area contributed by atoms with E-state index >= 15 is 0 Å². The molecule has 0 saturated heterocycles. The first kappa shape index (κ1) is 17.1. The lowest BCUT2D eigenvalue weighted by atomic mass is 10.1. The third-order valence-corrected chi connectivity index (χ3v) is 4.76. The molecule has 128 valence electrons. The quantitative estimate of drug-likeness (QED) is 0.835. The second-order valence-corrected chi connectivity index (χ2v) is 6.65. The zero-order chi connectivity index (χ0) is 16.8. The Kier molecular flexibility index (Phi) is 5.94. The molecule has 1 aliphatic carbocycles. The van der Waals surface area contributed by atoms with Crippen LogP contribution in [0.15, 0.2) is 36.7 Å². The van der Waals surface area contributed by atoms with Gasteiger partial charge in [-0.15, -0.1) is 0 Å². The molecule has 3 rings (SSSR count). The van der Waals surface area contributed by atoms with Crippen LogP contribution in [0.3, 0.4) is 0 Å². The lowest BCUT2D eigenvalue weighted by Crippen LogP contribution is -2.87. The van der Waals surface area contributed by atoms with Crippen molar-refractivity contribution in [1.29, 1.82) is 0 Å². The van der Waals surface area contributed by atoms with Crippen molar-refractivity contribution in [2.75, 3.05) is 7.11 Å². The van der Waals surface area contributed by atoms with E-state index in [1.54, 1.807) is 19.5 Å². The maximum absolute atomic E-state index is 6.44. The van der Waals surface area contributed by atoms with Gasteiger partial charge in [0.15, 0.2) is 11.5 Å². The second-order valence-electron chi connectivity index (χ2n) is 6.24. The van der Waals surface area contributed by atoms with E-state index in [1.807, 2.05) is 24.3 Å². The van der Waals surface area contributed by atoms with Crippen molar-refractivity contribution in [3.8, 4) is 11.5 Å². The standard InChI is InChI=1S/C19H23ClN2O2/c1-23-18-10-15(12-22-16-6-2-3-7-16)9-17(20)19(18)24-13-14-5-4-8-21-11-14/h4-5,8-11,16,22H,2-3,6-7,12-13H2,1H3/p+1. The van der Waals surface area contributed by atoms with E-state index in [1.165, 1.54) is 25.7 Å². The number of rotatable bonds is 7. The molecule has 1 heterocycles. The number of nitrogens with two attached hydrogens (primary N) is 1. The first-order chi connectivity index (χ1) is 11.8. The van der Waals surface area contributed by atoms with Gasteiger partial charge >= 0.3 is 0 Å². The number of aromatic nitrogens is 1. The zero-order valence-electron chi connectivity index (χ0n) is 14.0. The fraction of sp³-hybridized carbons (Fsp3) is 0.421. The summed E-state index contributed by atoms with van der Waals surface area (Å²) in [6.07, 6.45) is 8.87. The molecule has 1 saturated carbocycles. The average Bonchev–Trinajstić information content (AvgIpc) is 3.13. The minimum Gasteiger partial charge on any atom is -0.493 e. The Balaban J connectivity index is 1.67. The molecule has 4 nitrogen and oxygen atoms in total. The third-order valence-electron chi connectivity index (χ3n) is 4.48. The number of pyridine rings is 1. The number of halogens is 1. The molecule has 1 aromatic carbocycles. The molecular weight excluding hydrogens is 324 g/mol. The van der Waals surface area contributed by atoms with E-state index in [0.29, 0.717) is 23.1 Å². The monoisotopic (exact) mass is 347 g/mol. The molecule has 0 spiro atoms. The molecule has 1 fully saturated rings. The normalized spacial score (nSPS) is 14.8. The van der Waals surface area contributed by atoms with E-state index in [-0.39, 0.29) is 0 Å². The molecule has 0 aliphatic heterocycles. The number of methoxy groups -OCH3 is 1. The van der Waals surface area contributed by atoms with Crippen LogP contribution in [0, 0.1) is 0 Å². The Morgan fingerprint density at radius 3 is 2.79 bits per heavy atom. The van der Waals surface area contributed by atoms with Gasteiger partial charge in [0.2, 0.25) is 0 Å². The lowest BCUT2D eigenvalue weighted by molar-refractivity contribution is -0.703. The summed E-state index contributed by atoms with van der Waals surface area (Å²) in [4.78, 5) is 4.09. The third kappa shape index (κ3) is 4.40. The van der Waals surface area contributed by atoms with Gasteiger partial charge in [-0.25, -0.2) is 0 Å². The molecule has 2 aromatic rings. The first-order valence-electron chi connectivity index (χ1n) is 8.47. The summed E-state index contributed by atoms with van der Waals surface area (Å²) in [7, 11) is 1.65. The first-order valence-corrected chi connectivity index (χ1v) is 8.85. The van der Waals surface area contributed by atoms with E-state index in [9.17, 15) is 0 Å². The Hall–Kier alpha value is -1.78. The fourth-order valence-corrected chi connectivity index (χ4v) is 3.45. The highest BCUT2D eigenvalue weighted by Gasteiger charge is 2.19. The van der Waals surface area contributed by atoms with Crippen LogP contribution in [-0.4, -0.2) is 18.1 Å². The van der Waals surface area contributed by atoms with Crippen LogP contribution in [0.2, 0.25) is 5.02 Å². The SMILES string of the molecule is COc1cc(C[NH2+]C2CCCC2)cc(Cl)c1OCc1cccnc1.